The lowest BCUT2D eigenvalue weighted by atomic mass is 10.2. The van der Waals surface area contributed by atoms with Gasteiger partial charge in [-0.1, -0.05) is 12.1 Å². The Morgan fingerprint density at radius 2 is 2.14 bits per heavy atom. The Morgan fingerprint density at radius 1 is 1.43 bits per heavy atom. The van der Waals surface area contributed by atoms with E-state index in [1.165, 1.54) is 0 Å². The lowest BCUT2D eigenvalue weighted by Gasteiger charge is -2.18. The van der Waals surface area contributed by atoms with Crippen molar-refractivity contribution in [1.29, 1.82) is 0 Å². The minimum Gasteiger partial charge on any atom is -0.481 e. The van der Waals surface area contributed by atoms with Crippen molar-refractivity contribution in [2.75, 3.05) is 12.0 Å². The Hall–Kier alpha value is -1.69. The Kier molecular flexibility index (Phi) is 7.08. The highest BCUT2D eigenvalue weighted by atomic mass is 32.2. The monoisotopic (exact) mass is 311 g/mol. The number of hydrogen-bond donors (Lipinski definition) is 2. The van der Waals surface area contributed by atoms with E-state index in [1.807, 2.05) is 31.4 Å². The van der Waals surface area contributed by atoms with E-state index in [0.717, 1.165) is 5.56 Å². The first-order chi connectivity index (χ1) is 9.93. The molecule has 0 saturated carbocycles. The molecule has 1 amide bonds. The zero-order valence-electron chi connectivity index (χ0n) is 12.5. The van der Waals surface area contributed by atoms with Gasteiger partial charge in [-0.15, -0.1) is 0 Å². The van der Waals surface area contributed by atoms with Crippen molar-refractivity contribution in [2.24, 2.45) is 0 Å². The van der Waals surface area contributed by atoms with E-state index in [0.29, 0.717) is 17.9 Å². The van der Waals surface area contributed by atoms with Crippen LogP contribution in [-0.4, -0.2) is 41.1 Å². The molecular weight excluding hydrogens is 290 g/mol. The largest absolute Gasteiger partial charge is 0.481 e. The zero-order chi connectivity index (χ0) is 15.8. The van der Waals surface area contributed by atoms with Gasteiger partial charge < -0.3 is 15.2 Å². The molecule has 0 aliphatic heterocycles. The molecule has 6 heteroatoms. The van der Waals surface area contributed by atoms with Gasteiger partial charge in [0.25, 0.3) is 5.91 Å². The molecule has 0 saturated heterocycles. The van der Waals surface area contributed by atoms with Gasteiger partial charge in [-0.2, -0.15) is 11.8 Å². The Morgan fingerprint density at radius 3 is 2.71 bits per heavy atom. The van der Waals surface area contributed by atoms with Gasteiger partial charge in [0.15, 0.2) is 6.10 Å². The van der Waals surface area contributed by atoms with Crippen molar-refractivity contribution in [1.82, 2.24) is 5.32 Å². The fourth-order valence-electron chi connectivity index (χ4n) is 1.73. The molecule has 0 fully saturated rings. The number of carboxylic acid groups (broad SMARTS) is 1. The third-order valence-electron chi connectivity index (χ3n) is 2.90. The molecule has 0 bridgehead atoms. The first-order valence-electron chi connectivity index (χ1n) is 6.69. The number of carbonyl (C=O) groups is 2. The third-order valence-corrected chi connectivity index (χ3v) is 3.54. The maximum absolute atomic E-state index is 12.0. The van der Waals surface area contributed by atoms with Crippen LogP contribution in [-0.2, 0) is 9.59 Å². The van der Waals surface area contributed by atoms with Crippen LogP contribution in [0, 0.1) is 6.92 Å². The van der Waals surface area contributed by atoms with Crippen LogP contribution in [0.3, 0.4) is 0 Å². The summed E-state index contributed by atoms with van der Waals surface area (Å²) in [6.45, 7) is 3.53. The molecule has 1 unspecified atom stereocenters. The van der Waals surface area contributed by atoms with E-state index in [4.69, 9.17) is 9.84 Å². The topological polar surface area (TPSA) is 75.6 Å². The summed E-state index contributed by atoms with van der Waals surface area (Å²) in [4.78, 5) is 23.1. The van der Waals surface area contributed by atoms with Crippen molar-refractivity contribution in [3.63, 3.8) is 0 Å². The summed E-state index contributed by atoms with van der Waals surface area (Å²) in [5, 5.41) is 11.6. The van der Waals surface area contributed by atoms with Crippen LogP contribution in [0.4, 0.5) is 0 Å². The number of carboxylic acids is 1. The zero-order valence-corrected chi connectivity index (χ0v) is 13.3. The number of aliphatic carboxylic acids is 1. The van der Waals surface area contributed by atoms with E-state index in [1.54, 1.807) is 24.8 Å². The summed E-state index contributed by atoms with van der Waals surface area (Å²) in [6.07, 6.45) is 1.53. The van der Waals surface area contributed by atoms with Crippen LogP contribution in [0.15, 0.2) is 24.3 Å². The maximum Gasteiger partial charge on any atom is 0.326 e. The third kappa shape index (κ3) is 6.08. The van der Waals surface area contributed by atoms with Crippen molar-refractivity contribution < 1.29 is 19.4 Å². The van der Waals surface area contributed by atoms with Gasteiger partial charge in [0, 0.05) is 0 Å². The highest BCUT2D eigenvalue weighted by Gasteiger charge is 2.23. The first-order valence-corrected chi connectivity index (χ1v) is 8.09. The van der Waals surface area contributed by atoms with Gasteiger partial charge in [0.1, 0.15) is 11.8 Å². The van der Waals surface area contributed by atoms with E-state index < -0.39 is 24.0 Å². The number of ether oxygens (including phenoxy) is 1. The summed E-state index contributed by atoms with van der Waals surface area (Å²) in [5.74, 6) is -0.191. The van der Waals surface area contributed by atoms with Gasteiger partial charge >= 0.3 is 5.97 Å². The first kappa shape index (κ1) is 17.4. The van der Waals surface area contributed by atoms with Crippen molar-refractivity contribution in [2.45, 2.75) is 32.4 Å². The Balaban J connectivity index is 2.58. The van der Waals surface area contributed by atoms with Gasteiger partial charge in [-0.05, 0) is 50.0 Å². The van der Waals surface area contributed by atoms with E-state index in [2.05, 4.69) is 5.32 Å². The summed E-state index contributed by atoms with van der Waals surface area (Å²) in [6, 6.07) is 6.48. The Labute approximate surface area is 129 Å². The van der Waals surface area contributed by atoms with Gasteiger partial charge in [0.05, 0.1) is 0 Å². The van der Waals surface area contributed by atoms with Crippen molar-refractivity contribution in [3.8, 4) is 5.75 Å². The van der Waals surface area contributed by atoms with Crippen LogP contribution in [0.2, 0.25) is 0 Å². The second-order valence-corrected chi connectivity index (χ2v) is 5.74. The molecule has 21 heavy (non-hydrogen) atoms. The van der Waals surface area contributed by atoms with E-state index in [9.17, 15) is 9.59 Å². The molecule has 1 aromatic rings. The van der Waals surface area contributed by atoms with Crippen molar-refractivity contribution in [3.05, 3.63) is 29.8 Å². The number of rotatable bonds is 8. The minimum atomic E-state index is -1.03. The lowest BCUT2D eigenvalue weighted by molar-refractivity contribution is -0.142. The molecule has 0 spiro atoms. The summed E-state index contributed by atoms with van der Waals surface area (Å²) >= 11 is 1.54. The normalized spacial score (nSPS) is 13.3. The summed E-state index contributed by atoms with van der Waals surface area (Å²) in [5.41, 5.74) is 1.03. The predicted octanol–water partition coefficient (Wildman–Crippen LogP) is 2.08. The number of carbonyl (C=O) groups excluding carboxylic acids is 1. The molecule has 1 rings (SSSR count). The second kappa shape index (κ2) is 8.56. The molecule has 0 aromatic heterocycles. The standard InChI is InChI=1S/C15H21NO4S/c1-10-5-4-6-12(9-10)20-11(2)14(17)16-13(15(18)19)7-8-21-3/h4-6,9,11,13H,7-8H2,1-3H3,(H,16,17)(H,18,19)/t11?,13-/m0/s1. The highest BCUT2D eigenvalue weighted by Crippen LogP contribution is 2.14. The van der Waals surface area contributed by atoms with Crippen LogP contribution in [0.1, 0.15) is 18.9 Å². The van der Waals surface area contributed by atoms with Gasteiger partial charge in [-0.3, -0.25) is 4.79 Å². The van der Waals surface area contributed by atoms with Crippen molar-refractivity contribution >= 4 is 23.6 Å². The molecule has 2 N–H and O–H groups in total. The molecular formula is C15H21NO4S. The number of hydrogen-bond acceptors (Lipinski definition) is 4. The van der Waals surface area contributed by atoms with Crippen LogP contribution in [0.5, 0.6) is 5.75 Å². The number of aryl methyl sites for hydroxylation is 1. The number of amides is 1. The smallest absolute Gasteiger partial charge is 0.326 e. The quantitative estimate of drug-likeness (QED) is 0.769. The lowest BCUT2D eigenvalue weighted by Crippen LogP contribution is -2.46. The van der Waals surface area contributed by atoms with Gasteiger partial charge in [-0.25, -0.2) is 4.79 Å². The molecule has 0 aliphatic rings. The molecule has 1 aromatic carbocycles. The fourth-order valence-corrected chi connectivity index (χ4v) is 2.20. The number of benzene rings is 1. The van der Waals surface area contributed by atoms with Crippen LogP contribution >= 0.6 is 11.8 Å². The second-order valence-electron chi connectivity index (χ2n) is 4.76. The van der Waals surface area contributed by atoms with Crippen LogP contribution in [0.25, 0.3) is 0 Å². The number of thioether (sulfide) groups is 1. The van der Waals surface area contributed by atoms with Crippen LogP contribution < -0.4 is 10.1 Å². The highest BCUT2D eigenvalue weighted by molar-refractivity contribution is 7.98. The SMILES string of the molecule is CSCC[C@H](NC(=O)C(C)Oc1cccc(C)c1)C(=O)O. The molecule has 0 aliphatic carbocycles. The van der Waals surface area contributed by atoms with Gasteiger partial charge in [0.2, 0.25) is 0 Å². The summed E-state index contributed by atoms with van der Waals surface area (Å²) in [7, 11) is 0. The Bertz CT molecular complexity index is 492. The molecule has 0 radical (unpaired) electrons. The maximum atomic E-state index is 12.0. The average Bonchev–Trinajstić information content (AvgIpc) is 2.42. The minimum absolute atomic E-state index is 0.388. The summed E-state index contributed by atoms with van der Waals surface area (Å²) < 4.78 is 5.53. The van der Waals surface area contributed by atoms with E-state index in [-0.39, 0.29) is 0 Å². The molecule has 116 valence electrons. The predicted molar refractivity (Wildman–Crippen MR) is 83.8 cm³/mol. The molecule has 2 atom stereocenters. The fraction of sp³-hybridized carbons (Fsp3) is 0.467. The molecule has 0 heterocycles. The average molecular weight is 311 g/mol. The number of nitrogens with one attached hydrogen (secondary N) is 1. The van der Waals surface area contributed by atoms with E-state index >= 15 is 0 Å². The molecule has 5 nitrogen and oxygen atoms in total.